The summed E-state index contributed by atoms with van der Waals surface area (Å²) in [6.07, 6.45) is 4.72. The van der Waals surface area contributed by atoms with Crippen LogP contribution >= 0.6 is 23.2 Å². The molecular weight excluding hydrogens is 336 g/mol. The van der Waals surface area contributed by atoms with E-state index in [9.17, 15) is 12.8 Å². The fraction of sp³-hybridized carbons (Fsp3) is 0.571. The normalized spacial score (nSPS) is 17.4. The minimum absolute atomic E-state index is 0.0819. The molecule has 7 heteroatoms. The smallest absolute Gasteiger partial charge is 0.207 e. The zero-order valence-electron chi connectivity index (χ0n) is 11.8. The molecule has 0 N–H and O–H groups in total. The molecule has 0 amide bonds. The lowest BCUT2D eigenvalue weighted by molar-refractivity contribution is 0.285. The summed E-state index contributed by atoms with van der Waals surface area (Å²) in [6.45, 7) is 0. The number of benzene rings is 1. The third-order valence-electron chi connectivity index (χ3n) is 3.97. The van der Waals surface area contributed by atoms with Crippen LogP contribution in [0.25, 0.3) is 0 Å². The van der Waals surface area contributed by atoms with Crippen molar-refractivity contribution in [3.05, 3.63) is 28.5 Å². The minimum Gasteiger partial charge on any atom is -0.207 e. The molecule has 1 saturated carbocycles. The van der Waals surface area contributed by atoms with Gasteiger partial charge in [-0.05, 0) is 25.0 Å². The summed E-state index contributed by atoms with van der Waals surface area (Å²) in [5.74, 6) is -0.931. The van der Waals surface area contributed by atoms with Gasteiger partial charge in [0.1, 0.15) is 10.7 Å². The van der Waals surface area contributed by atoms with E-state index in [4.69, 9.17) is 23.2 Å². The molecule has 2 rings (SSSR count). The molecule has 21 heavy (non-hydrogen) atoms. The van der Waals surface area contributed by atoms with E-state index in [2.05, 4.69) is 0 Å². The molecule has 0 heterocycles. The van der Waals surface area contributed by atoms with Crippen molar-refractivity contribution in [2.24, 2.45) is 0 Å². The minimum atomic E-state index is -3.91. The summed E-state index contributed by atoms with van der Waals surface area (Å²) in [4.78, 5) is -0.390. The lowest BCUT2D eigenvalue weighted by atomic mass is 9.96. The fourth-order valence-corrected chi connectivity index (χ4v) is 4.75. The highest BCUT2D eigenvalue weighted by molar-refractivity contribution is 7.89. The maximum atomic E-state index is 14.3. The Balaban J connectivity index is 2.41. The lowest BCUT2D eigenvalue weighted by Gasteiger charge is -2.30. The summed E-state index contributed by atoms with van der Waals surface area (Å²) in [5, 5.41) is 0.169. The molecule has 118 valence electrons. The SMILES string of the molecule is CN(C1CCCCC1)S(=O)(=O)c1cc(Cl)cc(CCl)c1F. The molecule has 1 aromatic carbocycles. The predicted molar refractivity (Wildman–Crippen MR) is 82.8 cm³/mol. The molecule has 0 bridgehead atoms. The van der Waals surface area contributed by atoms with Crippen LogP contribution in [-0.2, 0) is 15.9 Å². The van der Waals surface area contributed by atoms with Crippen molar-refractivity contribution in [1.82, 2.24) is 4.31 Å². The highest BCUT2D eigenvalue weighted by atomic mass is 35.5. The number of sulfonamides is 1. The highest BCUT2D eigenvalue weighted by Crippen LogP contribution is 2.30. The predicted octanol–water partition coefficient (Wildman–Crippen LogP) is 4.17. The Labute approximate surface area is 135 Å². The maximum absolute atomic E-state index is 14.3. The van der Waals surface area contributed by atoms with E-state index in [0.29, 0.717) is 0 Å². The molecule has 1 aromatic rings. The third kappa shape index (κ3) is 3.52. The van der Waals surface area contributed by atoms with Crippen molar-refractivity contribution < 1.29 is 12.8 Å². The molecule has 1 aliphatic rings. The topological polar surface area (TPSA) is 37.4 Å². The first-order valence-corrected chi connectivity index (χ1v) is 9.25. The van der Waals surface area contributed by atoms with E-state index in [-0.39, 0.29) is 22.5 Å². The second-order valence-electron chi connectivity index (χ2n) is 5.32. The highest BCUT2D eigenvalue weighted by Gasteiger charge is 2.32. The number of hydrogen-bond acceptors (Lipinski definition) is 2. The van der Waals surface area contributed by atoms with E-state index in [1.807, 2.05) is 0 Å². The summed E-state index contributed by atoms with van der Waals surface area (Å²) in [5.41, 5.74) is 0.0970. The number of alkyl halides is 1. The van der Waals surface area contributed by atoms with Gasteiger partial charge >= 0.3 is 0 Å². The summed E-state index contributed by atoms with van der Waals surface area (Å²) < 4.78 is 40.9. The first-order valence-electron chi connectivity index (χ1n) is 6.90. The van der Waals surface area contributed by atoms with Crippen molar-refractivity contribution >= 4 is 33.2 Å². The van der Waals surface area contributed by atoms with Gasteiger partial charge in [0.05, 0.1) is 5.88 Å². The number of halogens is 3. The van der Waals surface area contributed by atoms with Gasteiger partial charge in [-0.15, -0.1) is 11.6 Å². The van der Waals surface area contributed by atoms with E-state index in [0.717, 1.165) is 38.2 Å². The molecule has 0 aromatic heterocycles. The molecule has 0 radical (unpaired) electrons. The van der Waals surface area contributed by atoms with Gasteiger partial charge in [-0.1, -0.05) is 30.9 Å². The standard InChI is InChI=1S/C14H18Cl2FNO2S/c1-18(12-5-3-2-4-6-12)21(19,20)13-8-11(16)7-10(9-15)14(13)17/h7-8,12H,2-6,9H2,1H3. The largest absolute Gasteiger partial charge is 0.246 e. The van der Waals surface area contributed by atoms with Gasteiger partial charge < -0.3 is 0 Å². The first kappa shape index (κ1) is 17.0. The fourth-order valence-electron chi connectivity index (χ4n) is 2.70. The van der Waals surface area contributed by atoms with Crippen LogP contribution in [0.15, 0.2) is 17.0 Å². The van der Waals surface area contributed by atoms with Gasteiger partial charge in [-0.2, -0.15) is 4.31 Å². The molecule has 0 saturated heterocycles. The molecule has 0 spiro atoms. The maximum Gasteiger partial charge on any atom is 0.246 e. The first-order chi connectivity index (χ1) is 9.87. The van der Waals surface area contributed by atoms with E-state index < -0.39 is 20.7 Å². The summed E-state index contributed by atoms with van der Waals surface area (Å²) in [6, 6.07) is 2.42. The van der Waals surface area contributed by atoms with Crippen LogP contribution in [0.2, 0.25) is 5.02 Å². The van der Waals surface area contributed by atoms with Crippen LogP contribution in [-0.4, -0.2) is 25.8 Å². The second-order valence-corrected chi connectivity index (χ2v) is 7.99. The summed E-state index contributed by atoms with van der Waals surface area (Å²) in [7, 11) is -2.40. The number of nitrogens with zero attached hydrogens (tertiary/aromatic N) is 1. The Kier molecular flexibility index (Phi) is 5.52. The number of rotatable bonds is 4. The van der Waals surface area contributed by atoms with Gasteiger partial charge in [0, 0.05) is 23.7 Å². The monoisotopic (exact) mass is 353 g/mol. The zero-order valence-corrected chi connectivity index (χ0v) is 14.1. The Bertz CT molecular complexity index is 616. The molecule has 0 atom stereocenters. The van der Waals surface area contributed by atoms with E-state index in [1.54, 1.807) is 0 Å². The van der Waals surface area contributed by atoms with Crippen LogP contribution in [0.1, 0.15) is 37.7 Å². The second kappa shape index (κ2) is 6.82. The molecule has 3 nitrogen and oxygen atoms in total. The average Bonchev–Trinajstić information content (AvgIpc) is 2.49. The van der Waals surface area contributed by atoms with Gasteiger partial charge in [0.2, 0.25) is 10.0 Å². The Morgan fingerprint density at radius 1 is 1.29 bits per heavy atom. The Hall–Kier alpha value is -0.360. The zero-order chi connectivity index (χ0) is 15.6. The molecule has 0 unspecified atom stereocenters. The third-order valence-corrected chi connectivity index (χ3v) is 6.38. The Morgan fingerprint density at radius 2 is 1.90 bits per heavy atom. The van der Waals surface area contributed by atoms with Crippen LogP contribution in [0, 0.1) is 5.82 Å². The van der Waals surface area contributed by atoms with Gasteiger partial charge in [0.15, 0.2) is 0 Å². The van der Waals surface area contributed by atoms with Gasteiger partial charge in [-0.25, -0.2) is 12.8 Å². The number of hydrogen-bond donors (Lipinski definition) is 0. The van der Waals surface area contributed by atoms with Crippen LogP contribution < -0.4 is 0 Å². The van der Waals surface area contributed by atoms with Crippen LogP contribution in [0.3, 0.4) is 0 Å². The van der Waals surface area contributed by atoms with Crippen LogP contribution in [0.4, 0.5) is 4.39 Å². The average molecular weight is 354 g/mol. The Morgan fingerprint density at radius 3 is 2.48 bits per heavy atom. The van der Waals surface area contributed by atoms with Crippen molar-refractivity contribution in [3.63, 3.8) is 0 Å². The summed E-state index contributed by atoms with van der Waals surface area (Å²) >= 11 is 11.5. The van der Waals surface area contributed by atoms with Crippen molar-refractivity contribution in [2.75, 3.05) is 7.05 Å². The molecular formula is C14H18Cl2FNO2S. The van der Waals surface area contributed by atoms with Crippen molar-refractivity contribution in [2.45, 2.75) is 48.9 Å². The van der Waals surface area contributed by atoms with E-state index >= 15 is 0 Å². The van der Waals surface area contributed by atoms with Crippen LogP contribution in [0.5, 0.6) is 0 Å². The molecule has 1 fully saturated rings. The quantitative estimate of drug-likeness (QED) is 0.761. The van der Waals surface area contributed by atoms with E-state index in [1.165, 1.54) is 17.4 Å². The van der Waals surface area contributed by atoms with Crippen molar-refractivity contribution in [1.29, 1.82) is 0 Å². The van der Waals surface area contributed by atoms with Gasteiger partial charge in [-0.3, -0.25) is 0 Å². The van der Waals surface area contributed by atoms with Gasteiger partial charge in [0.25, 0.3) is 0 Å². The molecule has 1 aliphatic carbocycles. The lowest BCUT2D eigenvalue weighted by Crippen LogP contribution is -2.38. The van der Waals surface area contributed by atoms with Crippen molar-refractivity contribution in [3.8, 4) is 0 Å². The molecule has 0 aliphatic heterocycles.